The fourth-order valence-corrected chi connectivity index (χ4v) is 8.42. The molecule has 20 nitrogen and oxygen atoms in total. The van der Waals surface area contributed by atoms with Gasteiger partial charge in [-0.2, -0.15) is 27.6 Å². The van der Waals surface area contributed by atoms with Gasteiger partial charge in [-0.3, -0.25) is 23.5 Å². The van der Waals surface area contributed by atoms with Crippen LogP contribution in [0, 0.1) is 6.92 Å². The lowest BCUT2D eigenvalue weighted by molar-refractivity contribution is -0.432. The van der Waals surface area contributed by atoms with Crippen LogP contribution in [-0.4, -0.2) is 63.2 Å². The minimum absolute atomic E-state index is 0.00139. The number of aromatic hydroxyl groups is 1. The Labute approximate surface area is 361 Å². The first-order valence-corrected chi connectivity index (χ1v) is 21.2. The van der Waals surface area contributed by atoms with E-state index in [0.717, 1.165) is 17.7 Å². The van der Waals surface area contributed by atoms with Gasteiger partial charge in [0, 0.05) is 45.8 Å². The van der Waals surface area contributed by atoms with E-state index in [9.17, 15) is 41.2 Å². The lowest BCUT2D eigenvalue weighted by atomic mass is 9.80. The number of ketones is 2. The van der Waals surface area contributed by atoms with E-state index in [0.29, 0.717) is 22.6 Å². The zero-order valence-electron chi connectivity index (χ0n) is 32.2. The number of benzene rings is 5. The highest BCUT2D eigenvalue weighted by Crippen LogP contribution is 2.46. The van der Waals surface area contributed by atoms with Gasteiger partial charge in [0.25, 0.3) is 15.7 Å². The number of pyridine rings is 1. The molecule has 1 unspecified atom stereocenters. The summed E-state index contributed by atoms with van der Waals surface area (Å²) in [6, 6.07) is 23.3. The van der Waals surface area contributed by atoms with Crippen LogP contribution in [0.25, 0.3) is 22.0 Å². The largest absolute Gasteiger partial charge is 0.479 e. The third-order valence-electron chi connectivity index (χ3n) is 9.77. The Kier molecular flexibility index (Phi) is 11.5. The molecule has 0 spiro atoms. The van der Waals surface area contributed by atoms with Crippen molar-refractivity contribution < 1.29 is 55.2 Å². The summed E-state index contributed by atoms with van der Waals surface area (Å²) in [7, 11) is -3.73. The van der Waals surface area contributed by atoms with Gasteiger partial charge in [-0.25, -0.2) is 5.26 Å². The van der Waals surface area contributed by atoms with Gasteiger partial charge in [0.1, 0.15) is 4.90 Å². The highest BCUT2D eigenvalue weighted by molar-refractivity contribution is 7.94. The SMILES string of the molecule is Cc1ccccc1Nc1nc(O)nc(Nc2cc(Nc3ccc4c5c3C(=O)c3ccccc3-c5c(C(=O)c3cccc(SOOO)c3)c(=O)n4C)c(OS(=O)O)cc2S(=O)(=O)O)n1. The van der Waals surface area contributed by atoms with Gasteiger partial charge in [-0.05, 0) is 54.4 Å². The second-order valence-electron chi connectivity index (χ2n) is 13.5. The number of para-hydroxylation sites is 1. The van der Waals surface area contributed by atoms with Crippen molar-refractivity contribution >= 4 is 90.6 Å². The van der Waals surface area contributed by atoms with E-state index < -0.39 is 66.9 Å². The van der Waals surface area contributed by atoms with Crippen LogP contribution in [0.15, 0.2) is 112 Å². The topological polar surface area (TPSA) is 291 Å². The van der Waals surface area contributed by atoms with Gasteiger partial charge < -0.3 is 29.8 Å². The lowest BCUT2D eigenvalue weighted by Gasteiger charge is -2.26. The normalized spacial score (nSPS) is 12.4. The standard InChI is InChI=1S/C40H29N7O13S3/c1-19-8-3-6-13-24(19)42-38-44-39(46-40(51)45-38)43-27-17-26(29(58-62(53)54)18-30(27)63(55,56)57)41-25-14-15-28-33-31(22-11-4-5-12-23(22)36(49)32(25)33)34(37(50)47(28)2)35(48)20-9-7-10-21(16-20)61-60-59-52/h3-18,41,52H,1-2H3,(H,53,54)(H,55,56,57)(H3,42,43,44,45,46,51). The van der Waals surface area contributed by atoms with Crippen LogP contribution in [0.3, 0.4) is 0 Å². The average molecular weight is 912 g/mol. The Bertz CT molecular complexity index is 3260. The molecule has 7 N–H and O–H groups in total. The van der Waals surface area contributed by atoms with Gasteiger partial charge in [0.2, 0.25) is 11.9 Å². The molecule has 320 valence electrons. The monoisotopic (exact) mass is 911 g/mol. The molecule has 0 aliphatic heterocycles. The van der Waals surface area contributed by atoms with Crippen molar-refractivity contribution in [1.29, 1.82) is 0 Å². The highest BCUT2D eigenvalue weighted by Gasteiger charge is 2.34. The summed E-state index contributed by atoms with van der Waals surface area (Å²) in [6.07, 6.45) is 0. The van der Waals surface area contributed by atoms with Crippen molar-refractivity contribution in [1.82, 2.24) is 19.5 Å². The van der Waals surface area contributed by atoms with Crippen molar-refractivity contribution in [3.8, 4) is 22.9 Å². The lowest BCUT2D eigenvalue weighted by Crippen LogP contribution is -2.29. The van der Waals surface area contributed by atoms with Gasteiger partial charge in [-0.15, -0.1) is 4.33 Å². The molecule has 2 aromatic heterocycles. The minimum atomic E-state index is -5.15. The van der Waals surface area contributed by atoms with Crippen LogP contribution in [0.5, 0.6) is 11.8 Å². The van der Waals surface area contributed by atoms with Crippen LogP contribution in [0.2, 0.25) is 0 Å². The van der Waals surface area contributed by atoms with E-state index in [2.05, 4.69) is 40.3 Å². The van der Waals surface area contributed by atoms with Crippen molar-refractivity contribution in [3.05, 3.63) is 135 Å². The average Bonchev–Trinajstić information content (AvgIpc) is 3.24. The van der Waals surface area contributed by atoms with Crippen LogP contribution in [-0.2, 0) is 37.9 Å². The summed E-state index contributed by atoms with van der Waals surface area (Å²) in [6.45, 7) is 1.81. The molecule has 0 bridgehead atoms. The number of anilines is 6. The van der Waals surface area contributed by atoms with Crippen LogP contribution < -0.4 is 25.7 Å². The Morgan fingerprint density at radius 1 is 0.810 bits per heavy atom. The van der Waals surface area contributed by atoms with E-state index >= 15 is 0 Å². The molecule has 1 aliphatic carbocycles. The van der Waals surface area contributed by atoms with Crippen molar-refractivity contribution in [3.63, 3.8) is 0 Å². The molecule has 23 heteroatoms. The molecule has 0 radical (unpaired) electrons. The molecule has 0 amide bonds. The summed E-state index contributed by atoms with van der Waals surface area (Å²) in [4.78, 5) is 54.6. The van der Waals surface area contributed by atoms with Crippen LogP contribution in [0.1, 0.15) is 37.4 Å². The summed E-state index contributed by atoms with van der Waals surface area (Å²) in [5.41, 5.74) is 0.466. The number of hydrogen-bond donors (Lipinski definition) is 7. The second kappa shape index (κ2) is 17.0. The molecule has 1 aliphatic rings. The molecule has 8 rings (SSSR count). The van der Waals surface area contributed by atoms with Crippen LogP contribution in [0.4, 0.5) is 34.6 Å². The molecule has 5 aromatic carbocycles. The fourth-order valence-electron chi connectivity index (χ4n) is 7.07. The summed E-state index contributed by atoms with van der Waals surface area (Å²) in [5, 5.41) is 31.4. The number of carbonyl (C=O) groups is 2. The maximum Gasteiger partial charge on any atom is 0.357 e. The first-order chi connectivity index (χ1) is 30.1. The Morgan fingerprint density at radius 2 is 1.51 bits per heavy atom. The number of rotatable bonds is 14. The Hall–Kier alpha value is -7.09. The van der Waals surface area contributed by atoms with Gasteiger partial charge in [0.15, 0.2) is 17.3 Å². The van der Waals surface area contributed by atoms with Crippen molar-refractivity contribution in [2.45, 2.75) is 16.7 Å². The predicted molar refractivity (Wildman–Crippen MR) is 229 cm³/mol. The quantitative estimate of drug-likeness (QED) is 0.0151. The fraction of sp³-hybridized carbons (Fsp3) is 0.0500. The molecule has 7 aromatic rings. The zero-order valence-corrected chi connectivity index (χ0v) is 34.7. The number of nitrogens with zero attached hydrogens (tertiary/aromatic N) is 4. The molecule has 2 heterocycles. The maximum atomic E-state index is 14.6. The van der Waals surface area contributed by atoms with Crippen molar-refractivity contribution in [2.75, 3.05) is 16.0 Å². The third kappa shape index (κ3) is 8.32. The van der Waals surface area contributed by atoms with E-state index in [1.54, 1.807) is 42.5 Å². The number of hydrogen-bond acceptors (Lipinski definition) is 18. The third-order valence-corrected chi connectivity index (χ3v) is 11.6. The highest BCUT2D eigenvalue weighted by atomic mass is 32.2. The molecule has 0 fully saturated rings. The number of aryl methyl sites for hydroxylation is 2. The van der Waals surface area contributed by atoms with E-state index in [1.165, 1.54) is 48.0 Å². The summed E-state index contributed by atoms with van der Waals surface area (Å²) >= 11 is -2.47. The molecule has 0 saturated carbocycles. The predicted octanol–water partition coefficient (Wildman–Crippen LogP) is 6.60. The smallest absolute Gasteiger partial charge is 0.357 e. The number of nitrogens with one attached hydrogen (secondary N) is 3. The van der Waals surface area contributed by atoms with Gasteiger partial charge in [-0.1, -0.05) is 59.6 Å². The molecular formula is C40H29N7O13S3. The van der Waals surface area contributed by atoms with Crippen molar-refractivity contribution in [2.24, 2.45) is 7.05 Å². The van der Waals surface area contributed by atoms with Gasteiger partial charge in [0.05, 0.1) is 45.7 Å². The molecule has 63 heavy (non-hydrogen) atoms. The van der Waals surface area contributed by atoms with E-state index in [4.69, 9.17) is 9.44 Å². The first-order valence-electron chi connectivity index (χ1n) is 18.0. The Morgan fingerprint density at radius 3 is 2.21 bits per heavy atom. The second-order valence-corrected chi connectivity index (χ2v) is 16.3. The van der Waals surface area contributed by atoms with E-state index in [-0.39, 0.29) is 61.6 Å². The Balaban J connectivity index is 1.31. The number of carbonyl (C=O) groups excluding carboxylic acids is 2. The van der Waals surface area contributed by atoms with Gasteiger partial charge >= 0.3 is 17.4 Å². The maximum absolute atomic E-state index is 14.6. The zero-order chi connectivity index (χ0) is 44.7. The molecule has 1 atom stereocenters. The molecule has 0 saturated heterocycles. The summed E-state index contributed by atoms with van der Waals surface area (Å²) < 4.78 is 68.6. The minimum Gasteiger partial charge on any atom is -0.479 e. The first kappa shape index (κ1) is 42.6. The molecular weight excluding hydrogens is 883 g/mol. The van der Waals surface area contributed by atoms with Crippen LogP contribution >= 0.6 is 12.0 Å². The number of fused-ring (bicyclic) bond motifs is 2. The van der Waals surface area contributed by atoms with E-state index in [1.807, 2.05) is 13.0 Å². The summed E-state index contributed by atoms with van der Waals surface area (Å²) in [5.74, 6) is -2.45. The number of aromatic nitrogens is 4.